The van der Waals surface area contributed by atoms with E-state index in [1.165, 1.54) is 71.6 Å². The molecule has 8 aromatic rings. The van der Waals surface area contributed by atoms with E-state index in [1.807, 2.05) is 6.07 Å². The summed E-state index contributed by atoms with van der Waals surface area (Å²) in [7, 11) is 0. The lowest BCUT2D eigenvalue weighted by Gasteiger charge is -2.34. The predicted molar refractivity (Wildman–Crippen MR) is 190 cm³/mol. The van der Waals surface area contributed by atoms with Gasteiger partial charge in [0.1, 0.15) is 11.5 Å². The molecule has 0 aromatic heterocycles. The molecule has 0 radical (unpaired) electrons. The van der Waals surface area contributed by atoms with Crippen LogP contribution in [0.5, 0.6) is 11.5 Å². The zero-order valence-electron chi connectivity index (χ0n) is 25.1. The van der Waals surface area contributed by atoms with Crippen LogP contribution in [0.1, 0.15) is 22.3 Å². The highest BCUT2D eigenvalue weighted by Crippen LogP contribution is 2.58. The van der Waals surface area contributed by atoms with Crippen molar-refractivity contribution < 1.29 is 4.74 Å². The number of ether oxygens (including phenoxy) is 1. The van der Waals surface area contributed by atoms with Crippen LogP contribution < -0.4 is 4.74 Å². The van der Waals surface area contributed by atoms with Crippen LogP contribution in [0.2, 0.25) is 0 Å². The summed E-state index contributed by atoms with van der Waals surface area (Å²) in [5.74, 6) is 1.83. The summed E-state index contributed by atoms with van der Waals surface area (Å²) in [6.07, 6.45) is 0. The van der Waals surface area contributed by atoms with Gasteiger partial charge in [-0.15, -0.1) is 0 Å². The number of hydrogen-bond acceptors (Lipinski definition) is 1. The van der Waals surface area contributed by atoms with E-state index >= 15 is 0 Å². The van der Waals surface area contributed by atoms with Gasteiger partial charge in [-0.2, -0.15) is 0 Å². The Kier molecular flexibility index (Phi) is 5.27. The van der Waals surface area contributed by atoms with E-state index in [0.29, 0.717) is 0 Å². The smallest absolute Gasteiger partial charge is 0.135 e. The third-order valence-electron chi connectivity index (χ3n) is 10.1. The van der Waals surface area contributed by atoms with Crippen LogP contribution in [0.3, 0.4) is 0 Å². The molecule has 8 aromatic carbocycles. The number of para-hydroxylation sites is 1. The average Bonchev–Trinajstić information content (AvgIpc) is 3.44. The Balaban J connectivity index is 1.20. The fourth-order valence-electron chi connectivity index (χ4n) is 8.19. The predicted octanol–water partition coefficient (Wildman–Crippen LogP) is 11.8. The maximum atomic E-state index is 6.31. The molecule has 0 amide bonds. The summed E-state index contributed by atoms with van der Waals surface area (Å²) in [5, 5.41) is 4.94. The van der Waals surface area contributed by atoms with E-state index in [1.54, 1.807) is 0 Å². The van der Waals surface area contributed by atoms with Gasteiger partial charge in [0, 0.05) is 10.9 Å². The summed E-state index contributed by atoms with van der Waals surface area (Å²) in [6.45, 7) is 0. The summed E-state index contributed by atoms with van der Waals surface area (Å²) < 4.78 is 6.31. The molecule has 0 saturated heterocycles. The molecule has 2 aliphatic rings. The lowest BCUT2D eigenvalue weighted by Crippen LogP contribution is -2.28. The van der Waals surface area contributed by atoms with Gasteiger partial charge in [-0.3, -0.25) is 0 Å². The Morgan fingerprint density at radius 2 is 1.09 bits per heavy atom. The van der Waals surface area contributed by atoms with Crippen molar-refractivity contribution in [3.05, 3.63) is 192 Å². The number of fused-ring (bicyclic) bond motifs is 7. The van der Waals surface area contributed by atoms with Gasteiger partial charge in [0.2, 0.25) is 0 Å². The van der Waals surface area contributed by atoms with Crippen molar-refractivity contribution in [2.45, 2.75) is 5.41 Å². The quantitative estimate of drug-likeness (QED) is 0.201. The molecule has 0 spiro atoms. The summed E-state index contributed by atoms with van der Waals surface area (Å²) in [4.78, 5) is 0. The molecule has 0 N–H and O–H groups in total. The minimum absolute atomic E-state index is 0.434. The Morgan fingerprint density at radius 1 is 0.391 bits per heavy atom. The number of benzene rings is 8. The molecule has 46 heavy (non-hydrogen) atoms. The second kappa shape index (κ2) is 9.54. The van der Waals surface area contributed by atoms with Crippen molar-refractivity contribution in [2.75, 3.05) is 0 Å². The van der Waals surface area contributed by atoms with Gasteiger partial charge in [0.05, 0.1) is 5.41 Å². The van der Waals surface area contributed by atoms with E-state index in [0.717, 1.165) is 17.1 Å². The minimum atomic E-state index is -0.434. The molecule has 0 bridgehead atoms. The van der Waals surface area contributed by atoms with Crippen LogP contribution in [0.25, 0.3) is 54.9 Å². The largest absolute Gasteiger partial charge is 0.456 e. The zero-order valence-corrected chi connectivity index (χ0v) is 25.1. The van der Waals surface area contributed by atoms with Gasteiger partial charge in [0.25, 0.3) is 0 Å². The Hall–Kier alpha value is -5.92. The van der Waals surface area contributed by atoms with Crippen molar-refractivity contribution >= 4 is 21.5 Å². The van der Waals surface area contributed by atoms with Gasteiger partial charge in [0.15, 0.2) is 0 Å². The van der Waals surface area contributed by atoms with Crippen LogP contribution in [-0.4, -0.2) is 0 Å². The molecule has 1 heteroatoms. The molecule has 0 saturated carbocycles. The van der Waals surface area contributed by atoms with Gasteiger partial charge < -0.3 is 4.74 Å². The summed E-state index contributed by atoms with van der Waals surface area (Å²) in [5.41, 5.74) is 12.2. The second-order valence-corrected chi connectivity index (χ2v) is 12.4. The summed E-state index contributed by atoms with van der Waals surface area (Å²) >= 11 is 0. The van der Waals surface area contributed by atoms with Crippen LogP contribution in [0.4, 0.5) is 0 Å². The highest BCUT2D eigenvalue weighted by atomic mass is 16.5. The first-order chi connectivity index (χ1) is 22.8. The van der Waals surface area contributed by atoms with Crippen molar-refractivity contribution in [3.8, 4) is 44.9 Å². The van der Waals surface area contributed by atoms with E-state index in [-0.39, 0.29) is 0 Å². The van der Waals surface area contributed by atoms with Gasteiger partial charge in [-0.1, -0.05) is 146 Å². The highest BCUT2D eigenvalue weighted by molar-refractivity contribution is 6.07. The molecule has 214 valence electrons. The van der Waals surface area contributed by atoms with Gasteiger partial charge in [-0.05, 0) is 90.5 Å². The molecule has 1 unspecified atom stereocenters. The molecule has 0 fully saturated rings. The average molecular weight is 585 g/mol. The monoisotopic (exact) mass is 584 g/mol. The number of hydrogen-bond donors (Lipinski definition) is 0. The first kappa shape index (κ1) is 25.4. The van der Waals surface area contributed by atoms with E-state index < -0.39 is 5.41 Å². The van der Waals surface area contributed by atoms with Crippen LogP contribution in [0, 0.1) is 0 Å². The topological polar surface area (TPSA) is 9.23 Å². The molecule has 10 rings (SSSR count). The number of rotatable bonds is 3. The van der Waals surface area contributed by atoms with Gasteiger partial charge >= 0.3 is 0 Å². The van der Waals surface area contributed by atoms with Crippen LogP contribution >= 0.6 is 0 Å². The van der Waals surface area contributed by atoms with E-state index in [9.17, 15) is 0 Å². The lowest BCUT2D eigenvalue weighted by atomic mass is 9.67. The summed E-state index contributed by atoms with van der Waals surface area (Å²) in [6, 6.07) is 62.1. The maximum absolute atomic E-state index is 6.31. The normalized spacial score (nSPS) is 15.7. The van der Waals surface area contributed by atoms with E-state index in [2.05, 4.69) is 164 Å². The fraction of sp³-hybridized carbons (Fsp3) is 0.0222. The molecule has 1 atom stereocenters. The van der Waals surface area contributed by atoms with Crippen LogP contribution in [0.15, 0.2) is 170 Å². The molecular formula is C45H28O. The third-order valence-corrected chi connectivity index (χ3v) is 10.1. The fourth-order valence-corrected chi connectivity index (χ4v) is 8.19. The maximum Gasteiger partial charge on any atom is 0.135 e. The lowest BCUT2D eigenvalue weighted by molar-refractivity contribution is 0.487. The van der Waals surface area contributed by atoms with Crippen molar-refractivity contribution in [3.63, 3.8) is 0 Å². The zero-order chi connectivity index (χ0) is 30.2. The molecule has 1 nitrogen and oxygen atoms in total. The minimum Gasteiger partial charge on any atom is -0.456 e. The first-order valence-electron chi connectivity index (χ1n) is 15.9. The second-order valence-electron chi connectivity index (χ2n) is 12.4. The third kappa shape index (κ3) is 3.40. The Morgan fingerprint density at radius 3 is 1.98 bits per heavy atom. The molecule has 1 aliphatic heterocycles. The van der Waals surface area contributed by atoms with Crippen molar-refractivity contribution in [2.24, 2.45) is 0 Å². The first-order valence-corrected chi connectivity index (χ1v) is 15.9. The molecule has 1 heterocycles. The molecular weight excluding hydrogens is 556 g/mol. The van der Waals surface area contributed by atoms with Crippen molar-refractivity contribution in [1.82, 2.24) is 0 Å². The van der Waals surface area contributed by atoms with Crippen molar-refractivity contribution in [1.29, 1.82) is 0 Å². The standard InChI is InChI=1S/C45H28O/c1-2-13-33(14-3-1)45(39-18-8-6-17-37(39)44-35-15-5-4-11-30(35)23-26-40(44)45)34-24-21-29(22-25-34)32-27-31-12-10-20-42-43(31)38(28-32)36-16-7-9-19-41(36)46-42/h1-28H. The van der Waals surface area contributed by atoms with E-state index in [4.69, 9.17) is 4.74 Å². The van der Waals surface area contributed by atoms with Crippen LogP contribution in [-0.2, 0) is 5.41 Å². The Bertz CT molecular complexity index is 2490. The van der Waals surface area contributed by atoms with Gasteiger partial charge in [-0.25, -0.2) is 0 Å². The molecule has 1 aliphatic carbocycles. The Labute approximate surface area is 268 Å². The SMILES string of the molecule is c1ccc(C2(c3ccc(-c4cc5c6c(cccc6c4)Oc4ccccc4-5)cc3)c3ccccc3-c3c2ccc2ccccc32)cc1. The highest BCUT2D eigenvalue weighted by Gasteiger charge is 2.46.